The lowest BCUT2D eigenvalue weighted by Gasteiger charge is -2.15. The van der Waals surface area contributed by atoms with Crippen LogP contribution in [0.3, 0.4) is 0 Å². The minimum atomic E-state index is -2.84. The van der Waals surface area contributed by atoms with E-state index >= 15 is 0 Å². The van der Waals surface area contributed by atoms with Crippen LogP contribution in [0.5, 0.6) is 0 Å². The van der Waals surface area contributed by atoms with Gasteiger partial charge < -0.3 is 10.5 Å². The average Bonchev–Trinajstić information content (AvgIpc) is 2.17. The van der Waals surface area contributed by atoms with E-state index in [9.17, 15) is 8.42 Å². The van der Waals surface area contributed by atoms with Gasteiger partial charge in [0, 0.05) is 18.9 Å². The molecule has 0 heterocycles. The topological polar surface area (TPSA) is 69.4 Å². The average molecular weight is 237 g/mol. The van der Waals surface area contributed by atoms with Gasteiger partial charge in [-0.25, -0.2) is 8.42 Å². The van der Waals surface area contributed by atoms with Crippen molar-refractivity contribution in [1.29, 1.82) is 0 Å². The van der Waals surface area contributed by atoms with Gasteiger partial charge in [0.25, 0.3) is 0 Å². The normalized spacial score (nSPS) is 16.3. The molecule has 4 nitrogen and oxygen atoms in total. The summed E-state index contributed by atoms with van der Waals surface area (Å²) in [5.74, 6) is 0.468. The zero-order valence-corrected chi connectivity index (χ0v) is 10.7. The van der Waals surface area contributed by atoms with E-state index in [1.807, 2.05) is 6.92 Å². The predicted molar refractivity (Wildman–Crippen MR) is 62.6 cm³/mol. The highest BCUT2D eigenvalue weighted by Crippen LogP contribution is 2.06. The molecule has 2 N–H and O–H groups in total. The Balaban J connectivity index is 3.68. The Hall–Kier alpha value is -0.130. The van der Waals surface area contributed by atoms with Crippen molar-refractivity contribution in [3.63, 3.8) is 0 Å². The number of methoxy groups -OCH3 is 1. The fourth-order valence-corrected chi connectivity index (χ4v) is 2.25. The van der Waals surface area contributed by atoms with Crippen molar-refractivity contribution in [1.82, 2.24) is 0 Å². The Kier molecular flexibility index (Phi) is 7.13. The van der Waals surface area contributed by atoms with Gasteiger partial charge in [-0.1, -0.05) is 6.92 Å². The van der Waals surface area contributed by atoms with Crippen LogP contribution in [0.15, 0.2) is 0 Å². The van der Waals surface area contributed by atoms with Crippen LogP contribution in [0.25, 0.3) is 0 Å². The second kappa shape index (κ2) is 7.19. The molecular formula is C10H23NO3S. The Morgan fingerprint density at radius 1 is 1.40 bits per heavy atom. The smallest absolute Gasteiger partial charge is 0.150 e. The van der Waals surface area contributed by atoms with Gasteiger partial charge in [-0.3, -0.25) is 0 Å². The van der Waals surface area contributed by atoms with Gasteiger partial charge in [0.05, 0.1) is 11.9 Å². The predicted octanol–water partition coefficient (Wildman–Crippen LogP) is 0.954. The Labute approximate surface area is 93.1 Å². The van der Waals surface area contributed by atoms with Crippen LogP contribution in [0, 0.1) is 0 Å². The zero-order chi connectivity index (χ0) is 11.9. The van der Waals surface area contributed by atoms with E-state index < -0.39 is 9.84 Å². The third-order valence-electron chi connectivity index (χ3n) is 2.51. The standard InChI is InChI=1S/C10H23NO3S/c1-4-15(12,13)7-5-6-10(11)8-9(2)14-3/h9-10H,4-8,11H2,1-3H3. The summed E-state index contributed by atoms with van der Waals surface area (Å²) < 4.78 is 27.5. The van der Waals surface area contributed by atoms with Crippen molar-refractivity contribution >= 4 is 9.84 Å². The Morgan fingerprint density at radius 2 is 2.00 bits per heavy atom. The third-order valence-corrected chi connectivity index (χ3v) is 4.30. The maximum absolute atomic E-state index is 11.2. The lowest BCUT2D eigenvalue weighted by atomic mass is 10.1. The monoisotopic (exact) mass is 237 g/mol. The van der Waals surface area contributed by atoms with Gasteiger partial charge >= 0.3 is 0 Å². The first-order chi connectivity index (χ1) is 6.91. The molecule has 0 saturated heterocycles. The molecular weight excluding hydrogens is 214 g/mol. The van der Waals surface area contributed by atoms with Crippen LogP contribution in [0.1, 0.15) is 33.1 Å². The molecule has 0 fully saturated rings. The number of hydrogen-bond acceptors (Lipinski definition) is 4. The molecule has 0 aliphatic rings. The van der Waals surface area contributed by atoms with Gasteiger partial charge in [-0.2, -0.15) is 0 Å². The second-order valence-electron chi connectivity index (χ2n) is 3.92. The van der Waals surface area contributed by atoms with Crippen molar-refractivity contribution in [2.75, 3.05) is 18.6 Å². The summed E-state index contributed by atoms with van der Waals surface area (Å²) in [6.07, 6.45) is 2.31. The van der Waals surface area contributed by atoms with E-state index in [-0.39, 0.29) is 23.7 Å². The number of sulfone groups is 1. The molecule has 2 atom stereocenters. The molecule has 0 amide bonds. The number of nitrogens with two attached hydrogens (primary N) is 1. The molecule has 0 bridgehead atoms. The summed E-state index contributed by atoms with van der Waals surface area (Å²) in [4.78, 5) is 0. The molecule has 0 aromatic rings. The largest absolute Gasteiger partial charge is 0.382 e. The van der Waals surface area contributed by atoms with Crippen LogP contribution in [-0.4, -0.2) is 39.2 Å². The highest BCUT2D eigenvalue weighted by molar-refractivity contribution is 7.91. The van der Waals surface area contributed by atoms with Crippen LogP contribution < -0.4 is 5.73 Å². The molecule has 0 spiro atoms. The molecule has 5 heteroatoms. The summed E-state index contributed by atoms with van der Waals surface area (Å²) in [5, 5.41) is 0. The van der Waals surface area contributed by atoms with E-state index in [1.165, 1.54) is 0 Å². The fraction of sp³-hybridized carbons (Fsp3) is 1.00. The molecule has 0 aliphatic heterocycles. The summed E-state index contributed by atoms with van der Waals surface area (Å²) >= 11 is 0. The van der Waals surface area contributed by atoms with Gasteiger partial charge in [-0.05, 0) is 26.2 Å². The first kappa shape index (κ1) is 14.9. The molecule has 92 valence electrons. The first-order valence-electron chi connectivity index (χ1n) is 5.40. The molecule has 0 saturated carbocycles. The molecule has 0 rings (SSSR count). The van der Waals surface area contributed by atoms with E-state index in [4.69, 9.17) is 10.5 Å². The van der Waals surface area contributed by atoms with Crippen LogP contribution in [-0.2, 0) is 14.6 Å². The van der Waals surface area contributed by atoms with Crippen LogP contribution in [0.4, 0.5) is 0 Å². The number of hydrogen-bond donors (Lipinski definition) is 1. The highest BCUT2D eigenvalue weighted by Gasteiger charge is 2.11. The summed E-state index contributed by atoms with van der Waals surface area (Å²) in [5.41, 5.74) is 5.85. The van der Waals surface area contributed by atoms with Gasteiger partial charge in [0.1, 0.15) is 9.84 Å². The quantitative estimate of drug-likeness (QED) is 0.682. The molecule has 0 aromatic carbocycles. The molecule has 2 unspecified atom stereocenters. The fourth-order valence-electron chi connectivity index (χ4n) is 1.35. The highest BCUT2D eigenvalue weighted by atomic mass is 32.2. The van der Waals surface area contributed by atoms with Crippen molar-refractivity contribution in [2.45, 2.75) is 45.3 Å². The molecule has 0 radical (unpaired) electrons. The van der Waals surface area contributed by atoms with E-state index in [0.29, 0.717) is 6.42 Å². The van der Waals surface area contributed by atoms with Gasteiger partial charge in [0.15, 0.2) is 0 Å². The van der Waals surface area contributed by atoms with Crippen molar-refractivity contribution in [3.05, 3.63) is 0 Å². The SMILES string of the molecule is CCS(=O)(=O)CCCC(N)CC(C)OC. The maximum atomic E-state index is 11.2. The summed E-state index contributed by atoms with van der Waals surface area (Å²) in [7, 11) is -1.18. The molecule has 15 heavy (non-hydrogen) atoms. The lowest BCUT2D eigenvalue weighted by molar-refractivity contribution is 0.104. The minimum Gasteiger partial charge on any atom is -0.382 e. The minimum absolute atomic E-state index is 0.0343. The van der Waals surface area contributed by atoms with Crippen molar-refractivity contribution in [3.8, 4) is 0 Å². The first-order valence-corrected chi connectivity index (χ1v) is 7.22. The van der Waals surface area contributed by atoms with Crippen molar-refractivity contribution < 1.29 is 13.2 Å². The lowest BCUT2D eigenvalue weighted by Crippen LogP contribution is -2.26. The Bertz CT molecular complexity index is 251. The Morgan fingerprint density at radius 3 is 2.47 bits per heavy atom. The van der Waals surface area contributed by atoms with E-state index in [1.54, 1.807) is 14.0 Å². The van der Waals surface area contributed by atoms with E-state index in [2.05, 4.69) is 0 Å². The second-order valence-corrected chi connectivity index (χ2v) is 6.39. The molecule has 0 aliphatic carbocycles. The van der Waals surface area contributed by atoms with Gasteiger partial charge in [0.2, 0.25) is 0 Å². The maximum Gasteiger partial charge on any atom is 0.150 e. The third kappa shape index (κ3) is 7.76. The summed E-state index contributed by atoms with van der Waals surface area (Å²) in [6, 6.07) is 0.0343. The number of rotatable bonds is 8. The van der Waals surface area contributed by atoms with Crippen LogP contribution in [0.2, 0.25) is 0 Å². The van der Waals surface area contributed by atoms with Crippen LogP contribution >= 0.6 is 0 Å². The van der Waals surface area contributed by atoms with Crippen molar-refractivity contribution in [2.24, 2.45) is 5.73 Å². The number of ether oxygens (including phenoxy) is 1. The van der Waals surface area contributed by atoms with Gasteiger partial charge in [-0.15, -0.1) is 0 Å². The molecule has 0 aromatic heterocycles. The van der Waals surface area contributed by atoms with E-state index in [0.717, 1.165) is 12.8 Å². The zero-order valence-electron chi connectivity index (χ0n) is 9.90. The summed E-state index contributed by atoms with van der Waals surface area (Å²) in [6.45, 7) is 3.63.